The highest BCUT2D eigenvalue weighted by atomic mass is 16.5. The zero-order valence-corrected chi connectivity index (χ0v) is 15.3. The third-order valence-electron chi connectivity index (χ3n) is 5.56. The predicted octanol–water partition coefficient (Wildman–Crippen LogP) is 1.20. The average Bonchev–Trinajstić information content (AvgIpc) is 3.04. The van der Waals surface area contributed by atoms with Crippen LogP contribution >= 0.6 is 0 Å². The Morgan fingerprint density at radius 1 is 1.46 bits per heavy atom. The van der Waals surface area contributed by atoms with E-state index in [1.165, 1.54) is 4.90 Å². The Balaban J connectivity index is 1.83. The molecule has 0 radical (unpaired) electrons. The minimum atomic E-state index is -1.33. The first-order chi connectivity index (χ1) is 12.3. The Kier molecular flexibility index (Phi) is 5.34. The van der Waals surface area contributed by atoms with Gasteiger partial charge in [0.2, 0.25) is 0 Å². The number of aromatic nitrogens is 2. The molecule has 0 bridgehead atoms. The molecule has 3 rings (SSSR count). The molecule has 26 heavy (non-hydrogen) atoms. The van der Waals surface area contributed by atoms with Crippen LogP contribution < -0.4 is 0 Å². The number of carbonyl (C=O) groups excluding carboxylic acids is 1. The van der Waals surface area contributed by atoms with Gasteiger partial charge in [-0.15, -0.1) is 0 Å². The first kappa shape index (κ1) is 18.8. The molecule has 144 valence electrons. The van der Waals surface area contributed by atoms with E-state index in [9.17, 15) is 19.8 Å². The summed E-state index contributed by atoms with van der Waals surface area (Å²) in [7, 11) is 0. The van der Waals surface area contributed by atoms with Crippen LogP contribution in [0.4, 0.5) is 0 Å². The van der Waals surface area contributed by atoms with Gasteiger partial charge in [-0.1, -0.05) is 13.8 Å². The number of nitrogens with one attached hydrogen (secondary N) is 1. The standard InChI is InChI=1S/C18H27N3O5/c1-11(2)3-6-18(17(24)25)10-21(7-4-14(18)22)16(23)15-12-9-26-8-5-13(12)19-20-15/h11,14,22H,3-10H2,1-2H3,(H,19,20)(H,24,25)/t14-,18-/m1/s1. The smallest absolute Gasteiger partial charge is 0.314 e. The van der Waals surface area contributed by atoms with Crippen molar-refractivity contribution < 1.29 is 24.5 Å². The van der Waals surface area contributed by atoms with Gasteiger partial charge in [0.25, 0.3) is 5.91 Å². The molecule has 2 aliphatic rings. The number of likely N-dealkylation sites (tertiary alicyclic amines) is 1. The van der Waals surface area contributed by atoms with Gasteiger partial charge in [0.15, 0.2) is 5.69 Å². The van der Waals surface area contributed by atoms with Gasteiger partial charge in [-0.05, 0) is 25.2 Å². The van der Waals surface area contributed by atoms with E-state index in [1.54, 1.807) is 0 Å². The monoisotopic (exact) mass is 365 g/mol. The van der Waals surface area contributed by atoms with E-state index in [4.69, 9.17) is 4.74 Å². The molecular formula is C18H27N3O5. The second-order valence-electron chi connectivity index (χ2n) is 7.76. The van der Waals surface area contributed by atoms with Crippen LogP contribution in [-0.4, -0.2) is 63.0 Å². The number of amides is 1. The Morgan fingerprint density at radius 3 is 2.92 bits per heavy atom. The largest absolute Gasteiger partial charge is 0.481 e. The minimum absolute atomic E-state index is 0.00244. The number of aliphatic hydroxyl groups is 1. The summed E-state index contributed by atoms with van der Waals surface area (Å²) in [6, 6.07) is 0. The Morgan fingerprint density at radius 2 is 2.23 bits per heavy atom. The van der Waals surface area contributed by atoms with Crippen molar-refractivity contribution in [1.82, 2.24) is 15.1 Å². The number of fused-ring (bicyclic) bond motifs is 1. The number of hydrogen-bond donors (Lipinski definition) is 3. The number of rotatable bonds is 5. The SMILES string of the molecule is CC(C)CC[C@@]1(C(=O)O)CN(C(=O)c2n[nH]c3c2COCC3)CC[C@H]1O. The molecule has 8 heteroatoms. The van der Waals surface area contributed by atoms with Gasteiger partial charge in [-0.2, -0.15) is 5.10 Å². The Hall–Kier alpha value is -1.93. The molecule has 1 fully saturated rings. The van der Waals surface area contributed by atoms with Crippen molar-refractivity contribution in [3.8, 4) is 0 Å². The normalized spacial score (nSPS) is 26.0. The van der Waals surface area contributed by atoms with Crippen LogP contribution in [0.5, 0.6) is 0 Å². The number of ether oxygens (including phenoxy) is 1. The third-order valence-corrected chi connectivity index (χ3v) is 5.56. The van der Waals surface area contributed by atoms with E-state index in [0.29, 0.717) is 50.6 Å². The highest BCUT2D eigenvalue weighted by molar-refractivity contribution is 5.94. The summed E-state index contributed by atoms with van der Waals surface area (Å²) in [6.45, 7) is 5.28. The molecule has 3 heterocycles. The number of H-pyrrole nitrogens is 1. The van der Waals surface area contributed by atoms with Crippen molar-refractivity contribution in [2.75, 3.05) is 19.7 Å². The van der Waals surface area contributed by atoms with Crippen molar-refractivity contribution in [2.24, 2.45) is 11.3 Å². The fraction of sp³-hybridized carbons (Fsp3) is 0.722. The Labute approximate surface area is 152 Å². The number of aliphatic hydroxyl groups excluding tert-OH is 1. The molecule has 8 nitrogen and oxygen atoms in total. The van der Waals surface area contributed by atoms with Crippen molar-refractivity contribution in [3.63, 3.8) is 0 Å². The van der Waals surface area contributed by atoms with E-state index in [2.05, 4.69) is 10.2 Å². The molecule has 1 saturated heterocycles. The molecule has 2 aliphatic heterocycles. The lowest BCUT2D eigenvalue weighted by Crippen LogP contribution is -2.57. The molecule has 3 N–H and O–H groups in total. The van der Waals surface area contributed by atoms with Crippen LogP contribution in [0.1, 0.15) is 54.9 Å². The van der Waals surface area contributed by atoms with E-state index >= 15 is 0 Å². The van der Waals surface area contributed by atoms with Gasteiger partial charge in [0.05, 0.1) is 19.3 Å². The van der Waals surface area contributed by atoms with E-state index in [0.717, 1.165) is 11.3 Å². The fourth-order valence-corrected chi connectivity index (χ4v) is 3.80. The summed E-state index contributed by atoms with van der Waals surface area (Å²) in [5.41, 5.74) is 0.640. The second-order valence-corrected chi connectivity index (χ2v) is 7.76. The van der Waals surface area contributed by atoms with E-state index in [-0.39, 0.29) is 18.9 Å². The quantitative estimate of drug-likeness (QED) is 0.722. The van der Waals surface area contributed by atoms with Crippen LogP contribution in [0, 0.1) is 11.3 Å². The molecule has 0 aliphatic carbocycles. The lowest BCUT2D eigenvalue weighted by molar-refractivity contribution is -0.163. The van der Waals surface area contributed by atoms with Crippen molar-refractivity contribution >= 4 is 11.9 Å². The molecule has 0 unspecified atom stereocenters. The van der Waals surface area contributed by atoms with E-state index < -0.39 is 17.5 Å². The average molecular weight is 365 g/mol. The number of piperidine rings is 1. The zero-order chi connectivity index (χ0) is 18.9. The number of carboxylic acids is 1. The molecule has 1 aromatic heterocycles. The van der Waals surface area contributed by atoms with Crippen molar-refractivity contribution in [2.45, 2.75) is 52.2 Å². The number of carboxylic acid groups (broad SMARTS) is 1. The number of aromatic amines is 1. The van der Waals surface area contributed by atoms with Crippen LogP contribution in [0.3, 0.4) is 0 Å². The number of nitrogens with zero attached hydrogens (tertiary/aromatic N) is 2. The highest BCUT2D eigenvalue weighted by Crippen LogP contribution is 2.37. The number of hydrogen-bond acceptors (Lipinski definition) is 5. The lowest BCUT2D eigenvalue weighted by Gasteiger charge is -2.43. The molecule has 0 spiro atoms. The summed E-state index contributed by atoms with van der Waals surface area (Å²) >= 11 is 0. The summed E-state index contributed by atoms with van der Waals surface area (Å²) < 4.78 is 5.43. The first-order valence-electron chi connectivity index (χ1n) is 9.19. The maximum atomic E-state index is 13.0. The van der Waals surface area contributed by atoms with Gasteiger partial charge < -0.3 is 19.8 Å². The fourth-order valence-electron chi connectivity index (χ4n) is 3.80. The predicted molar refractivity (Wildman–Crippen MR) is 92.6 cm³/mol. The molecule has 1 amide bonds. The summed E-state index contributed by atoms with van der Waals surface area (Å²) in [5, 5.41) is 27.4. The van der Waals surface area contributed by atoms with Gasteiger partial charge >= 0.3 is 5.97 Å². The Bertz CT molecular complexity index is 686. The number of carbonyl (C=O) groups is 2. The van der Waals surface area contributed by atoms with Crippen molar-refractivity contribution in [3.05, 3.63) is 17.0 Å². The molecule has 0 saturated carbocycles. The van der Waals surface area contributed by atoms with Gasteiger partial charge in [-0.25, -0.2) is 0 Å². The minimum Gasteiger partial charge on any atom is -0.481 e. The third kappa shape index (κ3) is 3.35. The van der Waals surface area contributed by atoms with Crippen LogP contribution in [-0.2, 0) is 22.6 Å². The van der Waals surface area contributed by atoms with Crippen LogP contribution in [0.2, 0.25) is 0 Å². The lowest BCUT2D eigenvalue weighted by atomic mass is 9.72. The maximum absolute atomic E-state index is 13.0. The summed E-state index contributed by atoms with van der Waals surface area (Å²) in [6.07, 6.45) is 0.990. The maximum Gasteiger partial charge on any atom is 0.314 e. The van der Waals surface area contributed by atoms with Crippen molar-refractivity contribution in [1.29, 1.82) is 0 Å². The van der Waals surface area contributed by atoms with E-state index in [1.807, 2.05) is 13.8 Å². The number of aliphatic carboxylic acids is 1. The molecular weight excluding hydrogens is 338 g/mol. The molecule has 2 atom stereocenters. The summed E-state index contributed by atoms with van der Waals surface area (Å²) in [4.78, 5) is 26.6. The summed E-state index contributed by atoms with van der Waals surface area (Å²) in [5.74, 6) is -1.02. The first-order valence-corrected chi connectivity index (χ1v) is 9.19. The second kappa shape index (κ2) is 7.36. The zero-order valence-electron chi connectivity index (χ0n) is 15.3. The van der Waals surface area contributed by atoms with Crippen LogP contribution in [0.15, 0.2) is 0 Å². The van der Waals surface area contributed by atoms with Crippen LogP contribution in [0.25, 0.3) is 0 Å². The van der Waals surface area contributed by atoms with Gasteiger partial charge in [0.1, 0.15) is 5.41 Å². The molecule has 1 aromatic rings. The molecule has 0 aromatic carbocycles. The van der Waals surface area contributed by atoms with Gasteiger partial charge in [-0.3, -0.25) is 14.7 Å². The van der Waals surface area contributed by atoms with Gasteiger partial charge in [0, 0.05) is 30.8 Å². The highest BCUT2D eigenvalue weighted by Gasteiger charge is 2.50. The topological polar surface area (TPSA) is 116 Å².